The van der Waals surface area contributed by atoms with Gasteiger partial charge < -0.3 is 14.8 Å². The van der Waals surface area contributed by atoms with Crippen molar-refractivity contribution in [2.75, 3.05) is 12.4 Å². The van der Waals surface area contributed by atoms with Gasteiger partial charge >= 0.3 is 5.97 Å². The van der Waals surface area contributed by atoms with Crippen LogP contribution in [0.3, 0.4) is 0 Å². The van der Waals surface area contributed by atoms with Gasteiger partial charge in [-0.1, -0.05) is 71.4 Å². The Morgan fingerprint density at radius 1 is 1.10 bits per heavy atom. The van der Waals surface area contributed by atoms with E-state index in [0.29, 0.717) is 49.5 Å². The van der Waals surface area contributed by atoms with Crippen molar-refractivity contribution < 1.29 is 18.7 Å². The summed E-state index contributed by atoms with van der Waals surface area (Å²) in [5.74, 6) is 0.613. The second-order valence-corrected chi connectivity index (χ2v) is 10.5. The molecule has 200 valence electrons. The Bertz CT molecular complexity index is 1580. The number of ether oxygens (including phenoxy) is 2. The Morgan fingerprint density at radius 2 is 1.92 bits per heavy atom. The molecule has 7 nitrogen and oxygen atoms in total. The monoisotopic (exact) mass is 584 g/mol. The van der Waals surface area contributed by atoms with Crippen LogP contribution >= 0.6 is 35.0 Å². The molecule has 0 aliphatic carbocycles. The molecule has 1 atom stereocenters. The fraction of sp³-hybridized carbons (Fsp3) is 0.179. The fourth-order valence-electron chi connectivity index (χ4n) is 4.21. The number of rotatable bonds is 8. The molecule has 11 heteroatoms. The van der Waals surface area contributed by atoms with Gasteiger partial charge in [-0.25, -0.2) is 13.9 Å². The summed E-state index contributed by atoms with van der Waals surface area (Å²) in [5.41, 5.74) is 3.06. The third kappa shape index (κ3) is 5.90. The van der Waals surface area contributed by atoms with Gasteiger partial charge in [-0.05, 0) is 48.4 Å². The highest BCUT2D eigenvalue weighted by molar-refractivity contribution is 7.98. The zero-order chi connectivity index (χ0) is 27.5. The largest absolute Gasteiger partial charge is 0.489 e. The Hall–Kier alpha value is -3.53. The molecule has 5 rings (SSSR count). The SMILES string of the molecule is COC(=O)C1=C(C)Nc2nc(SCc3ccccc3F)nn2C1c1cccc(OCc2ccc(Cl)cc2Cl)c1. The van der Waals surface area contributed by atoms with Gasteiger partial charge in [0.05, 0.1) is 12.7 Å². The highest BCUT2D eigenvalue weighted by Crippen LogP contribution is 2.38. The zero-order valence-electron chi connectivity index (χ0n) is 21.0. The average Bonchev–Trinajstić information content (AvgIpc) is 3.33. The van der Waals surface area contributed by atoms with Crippen LogP contribution in [-0.4, -0.2) is 27.8 Å². The third-order valence-electron chi connectivity index (χ3n) is 6.14. The van der Waals surface area contributed by atoms with E-state index in [1.165, 1.54) is 24.9 Å². The van der Waals surface area contributed by atoms with Crippen molar-refractivity contribution in [3.05, 3.63) is 111 Å². The molecule has 3 aromatic carbocycles. The van der Waals surface area contributed by atoms with Crippen molar-refractivity contribution >= 4 is 46.9 Å². The maximum Gasteiger partial charge on any atom is 0.338 e. The molecule has 0 bridgehead atoms. The zero-order valence-corrected chi connectivity index (χ0v) is 23.3. The van der Waals surface area contributed by atoms with Gasteiger partial charge in [-0.2, -0.15) is 4.98 Å². The first kappa shape index (κ1) is 27.1. The number of allylic oxidation sites excluding steroid dienone is 1. The second-order valence-electron chi connectivity index (χ2n) is 8.70. The minimum atomic E-state index is -0.633. The van der Waals surface area contributed by atoms with E-state index in [0.717, 1.165) is 11.1 Å². The number of aromatic nitrogens is 3. The van der Waals surface area contributed by atoms with Crippen LogP contribution in [0.1, 0.15) is 29.7 Å². The van der Waals surface area contributed by atoms with Crippen molar-refractivity contribution in [2.24, 2.45) is 0 Å². The van der Waals surface area contributed by atoms with Crippen molar-refractivity contribution in [3.63, 3.8) is 0 Å². The van der Waals surface area contributed by atoms with Crippen LogP contribution in [0.25, 0.3) is 0 Å². The number of esters is 1. The number of anilines is 1. The topological polar surface area (TPSA) is 78.3 Å². The van der Waals surface area contributed by atoms with Crippen molar-refractivity contribution in [2.45, 2.75) is 30.5 Å². The summed E-state index contributed by atoms with van der Waals surface area (Å²) < 4.78 is 26.9. The molecule has 4 aromatic rings. The summed E-state index contributed by atoms with van der Waals surface area (Å²) >= 11 is 13.6. The molecule has 1 aliphatic heterocycles. The lowest BCUT2D eigenvalue weighted by Crippen LogP contribution is -2.29. The first-order valence-electron chi connectivity index (χ1n) is 11.9. The van der Waals surface area contributed by atoms with Crippen LogP contribution in [0.4, 0.5) is 10.3 Å². The molecule has 0 saturated heterocycles. The highest BCUT2D eigenvalue weighted by Gasteiger charge is 2.35. The number of benzene rings is 3. The Balaban J connectivity index is 1.45. The average molecular weight is 585 g/mol. The normalized spacial score (nSPS) is 14.5. The van der Waals surface area contributed by atoms with Crippen LogP contribution < -0.4 is 10.1 Å². The summed E-state index contributed by atoms with van der Waals surface area (Å²) in [7, 11) is 1.33. The van der Waals surface area contributed by atoms with Crippen LogP contribution in [0.5, 0.6) is 5.75 Å². The summed E-state index contributed by atoms with van der Waals surface area (Å²) in [6.07, 6.45) is 0. The molecule has 1 N–H and O–H groups in total. The summed E-state index contributed by atoms with van der Waals surface area (Å²) in [6.45, 7) is 2.02. The number of thioether (sulfide) groups is 1. The molecule has 2 heterocycles. The van der Waals surface area contributed by atoms with Crippen LogP contribution in [0, 0.1) is 5.82 Å². The number of hydrogen-bond acceptors (Lipinski definition) is 7. The van der Waals surface area contributed by atoms with E-state index < -0.39 is 12.0 Å². The molecular weight excluding hydrogens is 562 g/mol. The van der Waals surface area contributed by atoms with Crippen molar-refractivity contribution in [1.82, 2.24) is 14.8 Å². The van der Waals surface area contributed by atoms with Gasteiger partial charge in [0, 0.05) is 27.1 Å². The summed E-state index contributed by atoms with van der Waals surface area (Å²) in [5, 5.41) is 9.31. The first-order valence-corrected chi connectivity index (χ1v) is 13.6. The number of carbonyl (C=O) groups is 1. The number of halogens is 3. The number of methoxy groups -OCH3 is 1. The van der Waals surface area contributed by atoms with E-state index in [-0.39, 0.29) is 12.4 Å². The van der Waals surface area contributed by atoms with Gasteiger partial charge in [0.15, 0.2) is 0 Å². The number of nitrogens with one attached hydrogen (secondary N) is 1. The van der Waals surface area contributed by atoms with Crippen LogP contribution in [-0.2, 0) is 21.9 Å². The van der Waals surface area contributed by atoms with Gasteiger partial charge in [0.1, 0.15) is 24.2 Å². The smallest absolute Gasteiger partial charge is 0.338 e. The Morgan fingerprint density at radius 3 is 2.69 bits per heavy atom. The van der Waals surface area contributed by atoms with E-state index in [9.17, 15) is 9.18 Å². The molecule has 0 fully saturated rings. The minimum Gasteiger partial charge on any atom is -0.489 e. The minimum absolute atomic E-state index is 0.232. The molecule has 0 amide bonds. The molecule has 0 saturated carbocycles. The number of hydrogen-bond donors (Lipinski definition) is 1. The summed E-state index contributed by atoms with van der Waals surface area (Å²) in [6, 6.07) is 18.6. The van der Waals surface area contributed by atoms with Gasteiger partial charge in [-0.3, -0.25) is 0 Å². The molecular formula is C28H23Cl2FN4O3S. The van der Waals surface area contributed by atoms with E-state index >= 15 is 0 Å². The maximum atomic E-state index is 14.1. The van der Waals surface area contributed by atoms with E-state index in [2.05, 4.69) is 15.4 Å². The van der Waals surface area contributed by atoms with E-state index in [1.54, 1.807) is 41.9 Å². The van der Waals surface area contributed by atoms with E-state index in [4.69, 9.17) is 32.7 Å². The Labute approximate surface area is 238 Å². The van der Waals surface area contributed by atoms with Crippen LogP contribution in [0.15, 0.2) is 83.2 Å². The lowest BCUT2D eigenvalue weighted by molar-refractivity contribution is -0.136. The first-order chi connectivity index (χ1) is 18.8. The lowest BCUT2D eigenvalue weighted by Gasteiger charge is -2.28. The number of fused-ring (bicyclic) bond motifs is 1. The second kappa shape index (κ2) is 11.7. The number of nitrogens with zero attached hydrogens (tertiary/aromatic N) is 3. The van der Waals surface area contributed by atoms with Crippen LogP contribution in [0.2, 0.25) is 10.0 Å². The molecule has 1 aromatic heterocycles. The third-order valence-corrected chi connectivity index (χ3v) is 7.61. The van der Waals surface area contributed by atoms with E-state index in [1.807, 2.05) is 30.3 Å². The maximum absolute atomic E-state index is 14.1. The molecule has 1 unspecified atom stereocenters. The van der Waals surface area contributed by atoms with Crippen molar-refractivity contribution in [1.29, 1.82) is 0 Å². The fourth-order valence-corrected chi connectivity index (χ4v) is 5.49. The lowest BCUT2D eigenvalue weighted by atomic mass is 9.95. The van der Waals surface area contributed by atoms with Gasteiger partial charge in [0.2, 0.25) is 11.1 Å². The number of carbonyl (C=O) groups excluding carboxylic acids is 1. The molecule has 0 radical (unpaired) electrons. The quantitative estimate of drug-likeness (QED) is 0.175. The summed E-state index contributed by atoms with van der Waals surface area (Å²) in [4.78, 5) is 17.5. The highest BCUT2D eigenvalue weighted by atomic mass is 35.5. The molecule has 39 heavy (non-hydrogen) atoms. The Kier molecular flexibility index (Phi) is 8.11. The van der Waals surface area contributed by atoms with Gasteiger partial charge in [-0.15, -0.1) is 5.10 Å². The molecule has 0 spiro atoms. The predicted octanol–water partition coefficient (Wildman–Crippen LogP) is 7.06. The predicted molar refractivity (Wildman–Crippen MR) is 150 cm³/mol. The molecule has 1 aliphatic rings. The van der Waals surface area contributed by atoms with Crippen molar-refractivity contribution in [3.8, 4) is 5.75 Å². The standard InChI is InChI=1S/C28H23Cl2FN4O3S/c1-16-24(26(36)37-2)25(17-7-5-8-21(12-17)38-14-18-10-11-20(29)13-22(18)30)35-27(32-16)33-28(34-35)39-15-19-6-3-4-9-23(19)31/h3-13,25H,14-15H2,1-2H3,(H,32,33,34). The van der Waals surface area contributed by atoms with Gasteiger partial charge in [0.25, 0.3) is 0 Å².